The number of rotatable bonds is 2. The van der Waals surface area contributed by atoms with Gasteiger partial charge in [0.2, 0.25) is 0 Å². The molecule has 0 heterocycles. The van der Waals surface area contributed by atoms with Crippen LogP contribution < -0.4 is 5.73 Å². The van der Waals surface area contributed by atoms with Crippen molar-refractivity contribution in [3.63, 3.8) is 0 Å². The van der Waals surface area contributed by atoms with E-state index in [9.17, 15) is 0 Å². The van der Waals surface area contributed by atoms with Crippen molar-refractivity contribution in [1.82, 2.24) is 0 Å². The van der Waals surface area contributed by atoms with Crippen molar-refractivity contribution in [1.29, 1.82) is 0 Å². The van der Waals surface area contributed by atoms with Gasteiger partial charge in [-0.15, -0.1) is 0 Å². The molecule has 4 heteroatoms. The molecular weight excluding hydrogens is 171 g/mol. The van der Waals surface area contributed by atoms with Gasteiger partial charge in [-0.2, -0.15) is 0 Å². The number of halogens is 2. The Labute approximate surface area is 70.0 Å². The lowest BCUT2D eigenvalue weighted by Crippen LogP contribution is -1.89. The summed E-state index contributed by atoms with van der Waals surface area (Å²) in [7, 11) is 0. The minimum absolute atomic E-state index is 0.236. The molecule has 2 N–H and O–H groups in total. The van der Waals surface area contributed by atoms with Gasteiger partial charge in [0, 0.05) is 5.70 Å². The maximum atomic E-state index is 5.52. The number of hydrogen-bond donors (Lipinski definition) is 1. The minimum Gasteiger partial charge on any atom is -0.399 e. The normalized spacial score (nSPS) is 13.5. The fourth-order valence-electron chi connectivity index (χ4n) is 0.332. The molecule has 0 bridgehead atoms. The molecule has 0 unspecified atom stereocenters. The first-order chi connectivity index (χ1) is 4.52. The Bertz CT molecular complexity index is 190. The molecule has 10 heavy (non-hydrogen) atoms. The van der Waals surface area contributed by atoms with Crippen LogP contribution in [0.2, 0.25) is 0 Å². The van der Waals surface area contributed by atoms with Crippen LogP contribution in [0.15, 0.2) is 28.5 Å². The zero-order valence-corrected chi connectivity index (χ0v) is 7.08. The topological polar surface area (TPSA) is 38.4 Å². The number of aliphatic imine (C=N–C) groups is 1. The summed E-state index contributed by atoms with van der Waals surface area (Å²) in [6, 6.07) is 0. The number of nitrogens with two attached hydrogens (primary N) is 1. The molecule has 0 aromatic rings. The molecule has 0 atom stereocenters. The van der Waals surface area contributed by atoms with E-state index >= 15 is 0 Å². The van der Waals surface area contributed by atoms with Gasteiger partial charge < -0.3 is 5.73 Å². The lowest BCUT2D eigenvalue weighted by atomic mass is 10.5. The van der Waals surface area contributed by atoms with Crippen LogP contribution in [0.5, 0.6) is 0 Å². The van der Waals surface area contributed by atoms with Crippen molar-refractivity contribution in [3.05, 3.63) is 23.5 Å². The van der Waals surface area contributed by atoms with Crippen LogP contribution in [0.25, 0.3) is 0 Å². The van der Waals surface area contributed by atoms with E-state index in [2.05, 4.69) is 11.6 Å². The summed E-state index contributed by atoms with van der Waals surface area (Å²) in [6.45, 7) is 5.03. The molecule has 2 nitrogen and oxygen atoms in total. The third-order valence-corrected chi connectivity index (χ3v) is 0.844. The lowest BCUT2D eigenvalue weighted by molar-refractivity contribution is 1.40. The van der Waals surface area contributed by atoms with E-state index in [-0.39, 0.29) is 5.16 Å². The predicted octanol–water partition coefficient (Wildman–Crippen LogP) is 2.20. The average molecular weight is 179 g/mol. The molecule has 0 aliphatic rings. The molecule has 0 radical (unpaired) electrons. The highest BCUT2D eigenvalue weighted by molar-refractivity contribution is 6.65. The van der Waals surface area contributed by atoms with E-state index in [0.717, 1.165) is 0 Å². The quantitative estimate of drug-likeness (QED) is 0.393. The maximum absolute atomic E-state index is 5.52. The third kappa shape index (κ3) is 5.66. The zero-order valence-electron chi connectivity index (χ0n) is 5.56. The van der Waals surface area contributed by atoms with E-state index in [4.69, 9.17) is 28.9 Å². The number of hydrogen-bond acceptors (Lipinski definition) is 2. The van der Waals surface area contributed by atoms with E-state index in [0.29, 0.717) is 10.9 Å². The van der Waals surface area contributed by atoms with Crippen molar-refractivity contribution in [2.24, 2.45) is 10.7 Å². The fraction of sp³-hybridized carbons (Fsp3) is 0.167. The van der Waals surface area contributed by atoms with Crippen molar-refractivity contribution in [3.8, 4) is 0 Å². The van der Waals surface area contributed by atoms with Crippen LogP contribution in [0.3, 0.4) is 0 Å². The van der Waals surface area contributed by atoms with E-state index in [1.54, 1.807) is 6.92 Å². The summed E-state index contributed by atoms with van der Waals surface area (Å²) in [5.41, 5.74) is 5.55. The van der Waals surface area contributed by atoms with Crippen LogP contribution in [-0.2, 0) is 0 Å². The van der Waals surface area contributed by atoms with Crippen LogP contribution >= 0.6 is 23.2 Å². The van der Waals surface area contributed by atoms with Gasteiger partial charge in [-0.1, -0.05) is 29.8 Å². The van der Waals surface area contributed by atoms with Gasteiger partial charge in [-0.25, -0.2) is 4.99 Å². The number of allylic oxidation sites excluding steroid dienone is 1. The lowest BCUT2D eigenvalue weighted by Gasteiger charge is -1.89. The standard InChI is InChI=1S/C6H8Cl2N2/c1-4(9)3-6(8)10-5(2)7/h3H,1,9H2,2H3/b6-3-,10-5+. The summed E-state index contributed by atoms with van der Waals surface area (Å²) in [6.07, 6.45) is 1.42. The molecular formula is C6H8Cl2N2. The van der Waals surface area contributed by atoms with Gasteiger partial charge in [-0.05, 0) is 13.0 Å². The molecule has 0 aliphatic carbocycles. The van der Waals surface area contributed by atoms with E-state index in [1.165, 1.54) is 6.08 Å². The Morgan fingerprint density at radius 2 is 2.10 bits per heavy atom. The monoisotopic (exact) mass is 178 g/mol. The third-order valence-electron chi connectivity index (χ3n) is 0.565. The molecule has 0 spiro atoms. The van der Waals surface area contributed by atoms with Crippen LogP contribution in [0.4, 0.5) is 0 Å². The average Bonchev–Trinajstić information content (AvgIpc) is 1.58. The van der Waals surface area contributed by atoms with Crippen molar-refractivity contribution >= 4 is 28.4 Å². The Morgan fingerprint density at radius 3 is 2.40 bits per heavy atom. The SMILES string of the molecule is C=C(N)/C=C(Cl)\N=C(/C)Cl. The molecule has 0 aromatic carbocycles. The second-order valence-electron chi connectivity index (χ2n) is 1.65. The summed E-state index contributed by atoms with van der Waals surface area (Å²) in [5, 5.41) is 0.600. The van der Waals surface area contributed by atoms with Gasteiger partial charge in [0.25, 0.3) is 0 Å². The van der Waals surface area contributed by atoms with E-state index in [1.807, 2.05) is 0 Å². The minimum atomic E-state index is 0.236. The molecule has 0 saturated carbocycles. The second kappa shape index (κ2) is 4.36. The Morgan fingerprint density at radius 1 is 1.60 bits per heavy atom. The fourth-order valence-corrected chi connectivity index (χ4v) is 0.734. The summed E-state index contributed by atoms with van der Waals surface area (Å²) < 4.78 is 0. The molecule has 0 rings (SSSR count). The van der Waals surface area contributed by atoms with Gasteiger partial charge in [-0.3, -0.25) is 0 Å². The highest BCUT2D eigenvalue weighted by Gasteiger charge is 1.87. The predicted molar refractivity (Wildman–Crippen MR) is 46.2 cm³/mol. The summed E-state index contributed by atoms with van der Waals surface area (Å²) in [4.78, 5) is 3.69. The molecule has 0 aromatic heterocycles. The molecule has 0 saturated heterocycles. The van der Waals surface area contributed by atoms with Gasteiger partial charge in [0.1, 0.15) is 10.3 Å². The van der Waals surface area contributed by atoms with Crippen LogP contribution in [-0.4, -0.2) is 5.17 Å². The first kappa shape index (κ1) is 9.53. The van der Waals surface area contributed by atoms with Gasteiger partial charge in [0.05, 0.1) is 0 Å². The van der Waals surface area contributed by atoms with Crippen molar-refractivity contribution in [2.75, 3.05) is 0 Å². The maximum Gasteiger partial charge on any atom is 0.132 e. The second-order valence-corrected chi connectivity index (χ2v) is 2.59. The number of nitrogens with zero attached hydrogens (tertiary/aromatic N) is 1. The van der Waals surface area contributed by atoms with Crippen LogP contribution in [0, 0.1) is 0 Å². The molecule has 0 amide bonds. The van der Waals surface area contributed by atoms with Crippen molar-refractivity contribution in [2.45, 2.75) is 6.92 Å². The smallest absolute Gasteiger partial charge is 0.132 e. The first-order valence-electron chi connectivity index (χ1n) is 2.54. The summed E-state index contributed by atoms with van der Waals surface area (Å²) in [5.74, 6) is 0. The summed E-state index contributed by atoms with van der Waals surface area (Å²) >= 11 is 10.9. The van der Waals surface area contributed by atoms with Gasteiger partial charge in [0.15, 0.2) is 0 Å². The zero-order chi connectivity index (χ0) is 8.15. The Balaban J connectivity index is 4.22. The van der Waals surface area contributed by atoms with Gasteiger partial charge >= 0.3 is 0 Å². The Hall–Kier alpha value is -0.470. The highest BCUT2D eigenvalue weighted by atomic mass is 35.5. The molecule has 0 aliphatic heterocycles. The molecule has 56 valence electrons. The highest BCUT2D eigenvalue weighted by Crippen LogP contribution is 2.05. The molecule has 0 fully saturated rings. The Kier molecular flexibility index (Phi) is 4.16. The van der Waals surface area contributed by atoms with Crippen molar-refractivity contribution < 1.29 is 0 Å². The first-order valence-corrected chi connectivity index (χ1v) is 3.30. The van der Waals surface area contributed by atoms with E-state index < -0.39 is 0 Å². The van der Waals surface area contributed by atoms with Crippen LogP contribution in [0.1, 0.15) is 6.92 Å². The largest absolute Gasteiger partial charge is 0.399 e.